The number of nitrogens with zero attached hydrogens (tertiary/aromatic N) is 3. The Bertz CT molecular complexity index is 1100. The number of nitrogen functional groups attached to an aromatic ring is 1. The number of fused-ring (bicyclic) bond motifs is 1. The summed E-state index contributed by atoms with van der Waals surface area (Å²) in [6.07, 6.45) is 0. The summed E-state index contributed by atoms with van der Waals surface area (Å²) in [6, 6.07) is 7.88. The third-order valence-electron chi connectivity index (χ3n) is 3.40. The SMILES string of the molecule is Nc1nnc(SCc2nc3scc(-c4ccc(Br)cc4)c3c(=O)[nH]2)s1. The maximum Gasteiger partial charge on any atom is 0.260 e. The van der Waals surface area contributed by atoms with Crippen LogP contribution in [0.25, 0.3) is 21.3 Å². The number of benzene rings is 1. The van der Waals surface area contributed by atoms with Crippen molar-refractivity contribution in [1.82, 2.24) is 20.2 Å². The molecule has 3 aromatic heterocycles. The van der Waals surface area contributed by atoms with E-state index < -0.39 is 0 Å². The van der Waals surface area contributed by atoms with Gasteiger partial charge in [0.25, 0.3) is 5.56 Å². The summed E-state index contributed by atoms with van der Waals surface area (Å²) in [5.74, 6) is 1.12. The number of aromatic nitrogens is 4. The minimum Gasteiger partial charge on any atom is -0.374 e. The van der Waals surface area contributed by atoms with E-state index in [1.54, 1.807) is 0 Å². The number of halogens is 1. The summed E-state index contributed by atoms with van der Waals surface area (Å²) in [4.78, 5) is 20.8. The molecule has 126 valence electrons. The molecule has 0 aliphatic rings. The minimum atomic E-state index is -0.128. The molecule has 0 spiro atoms. The van der Waals surface area contributed by atoms with E-state index in [0.717, 1.165) is 24.8 Å². The quantitative estimate of drug-likeness (QED) is 0.452. The predicted octanol–water partition coefficient (Wildman–Crippen LogP) is 4.14. The van der Waals surface area contributed by atoms with Crippen LogP contribution in [0.2, 0.25) is 0 Å². The van der Waals surface area contributed by atoms with Crippen molar-refractivity contribution in [3.05, 3.63) is 50.3 Å². The molecule has 6 nitrogen and oxygen atoms in total. The summed E-state index contributed by atoms with van der Waals surface area (Å²) in [7, 11) is 0. The molecular weight excluding hydrogens is 442 g/mol. The number of aromatic amines is 1. The van der Waals surface area contributed by atoms with Gasteiger partial charge in [-0.3, -0.25) is 4.79 Å². The highest BCUT2D eigenvalue weighted by Gasteiger charge is 2.13. The number of thiophene rings is 1. The molecule has 0 saturated heterocycles. The Kier molecular flexibility index (Phi) is 4.59. The molecule has 4 aromatic rings. The molecule has 0 unspecified atom stereocenters. The summed E-state index contributed by atoms with van der Waals surface area (Å²) in [5, 5.41) is 10.7. The Morgan fingerprint density at radius 3 is 2.76 bits per heavy atom. The van der Waals surface area contributed by atoms with Crippen molar-refractivity contribution >= 4 is 65.7 Å². The average Bonchev–Trinajstić information content (AvgIpc) is 3.20. The topological polar surface area (TPSA) is 97.5 Å². The third kappa shape index (κ3) is 3.47. The summed E-state index contributed by atoms with van der Waals surface area (Å²) < 4.78 is 1.75. The van der Waals surface area contributed by atoms with Crippen LogP contribution in [0.4, 0.5) is 5.13 Å². The number of hydrogen-bond donors (Lipinski definition) is 2. The second kappa shape index (κ2) is 6.87. The van der Waals surface area contributed by atoms with Crippen molar-refractivity contribution in [2.24, 2.45) is 0 Å². The van der Waals surface area contributed by atoms with Gasteiger partial charge in [0.15, 0.2) is 4.34 Å². The first-order valence-corrected chi connectivity index (χ1v) is 10.6. The van der Waals surface area contributed by atoms with Gasteiger partial charge in [-0.05, 0) is 17.7 Å². The summed E-state index contributed by atoms with van der Waals surface area (Å²) >= 11 is 7.66. The second-order valence-electron chi connectivity index (χ2n) is 5.04. The zero-order valence-electron chi connectivity index (χ0n) is 12.5. The molecular formula is C15H10BrN5OS3. The molecule has 0 atom stereocenters. The molecule has 0 bridgehead atoms. The van der Waals surface area contributed by atoms with E-state index in [9.17, 15) is 4.79 Å². The van der Waals surface area contributed by atoms with Gasteiger partial charge in [0.1, 0.15) is 10.7 Å². The van der Waals surface area contributed by atoms with Gasteiger partial charge >= 0.3 is 0 Å². The first-order valence-electron chi connectivity index (χ1n) is 7.08. The second-order valence-corrected chi connectivity index (χ2v) is 9.05. The molecule has 0 aliphatic heterocycles. The lowest BCUT2D eigenvalue weighted by atomic mass is 10.1. The summed E-state index contributed by atoms with van der Waals surface area (Å²) in [5.41, 5.74) is 7.34. The van der Waals surface area contributed by atoms with Gasteiger partial charge in [-0.2, -0.15) is 0 Å². The van der Waals surface area contributed by atoms with Crippen molar-refractivity contribution in [1.29, 1.82) is 0 Å². The van der Waals surface area contributed by atoms with Crippen LogP contribution in [0.5, 0.6) is 0 Å². The van der Waals surface area contributed by atoms with Crippen LogP contribution < -0.4 is 11.3 Å². The fraction of sp³-hybridized carbons (Fsp3) is 0.0667. The Balaban J connectivity index is 1.67. The number of H-pyrrole nitrogens is 1. The van der Waals surface area contributed by atoms with Gasteiger partial charge in [-0.15, -0.1) is 21.5 Å². The Hall–Kier alpha value is -1.75. The fourth-order valence-corrected chi connectivity index (χ4v) is 5.05. The summed E-state index contributed by atoms with van der Waals surface area (Å²) in [6.45, 7) is 0. The normalized spacial score (nSPS) is 11.2. The maximum absolute atomic E-state index is 12.6. The van der Waals surface area contributed by atoms with Crippen molar-refractivity contribution in [3.63, 3.8) is 0 Å². The first-order chi connectivity index (χ1) is 12.1. The number of thioether (sulfide) groups is 1. The number of nitrogens with one attached hydrogen (secondary N) is 1. The van der Waals surface area contributed by atoms with Crippen LogP contribution in [0.3, 0.4) is 0 Å². The molecule has 1 aromatic carbocycles. The van der Waals surface area contributed by atoms with Crippen molar-refractivity contribution in [2.45, 2.75) is 10.1 Å². The van der Waals surface area contributed by atoms with Crippen molar-refractivity contribution < 1.29 is 0 Å². The molecule has 0 saturated carbocycles. The molecule has 0 amide bonds. The van der Waals surface area contributed by atoms with Gasteiger partial charge in [0.2, 0.25) is 5.13 Å². The largest absolute Gasteiger partial charge is 0.374 e. The number of rotatable bonds is 4. The van der Waals surface area contributed by atoms with Crippen LogP contribution in [0.15, 0.2) is 43.3 Å². The predicted molar refractivity (Wildman–Crippen MR) is 107 cm³/mol. The maximum atomic E-state index is 12.6. The molecule has 3 N–H and O–H groups in total. The third-order valence-corrected chi connectivity index (χ3v) is 6.70. The smallest absolute Gasteiger partial charge is 0.260 e. The lowest BCUT2D eigenvalue weighted by Crippen LogP contribution is -2.10. The standard InChI is InChI=1S/C15H10BrN5OS3/c16-8-3-1-7(2-4-8)9-5-23-13-11(9)12(22)18-10(19-13)6-24-15-21-20-14(17)25-15/h1-5H,6H2,(H2,17,20)(H,18,19,22). The van der Waals surface area contributed by atoms with Crippen LogP contribution in [0.1, 0.15) is 5.82 Å². The Morgan fingerprint density at radius 1 is 1.24 bits per heavy atom. The molecule has 10 heteroatoms. The molecule has 0 radical (unpaired) electrons. The van der Waals surface area contributed by atoms with Crippen molar-refractivity contribution in [3.8, 4) is 11.1 Å². The molecule has 4 rings (SSSR count). The Morgan fingerprint density at radius 2 is 2.04 bits per heavy atom. The van der Waals surface area contributed by atoms with Gasteiger partial charge in [-0.25, -0.2) is 4.98 Å². The highest BCUT2D eigenvalue weighted by atomic mass is 79.9. The average molecular weight is 452 g/mol. The van der Waals surface area contributed by atoms with Gasteiger partial charge in [0.05, 0.1) is 11.1 Å². The van der Waals surface area contributed by atoms with Crippen LogP contribution in [-0.2, 0) is 5.75 Å². The molecule has 3 heterocycles. The van der Waals surface area contributed by atoms with E-state index in [1.807, 2.05) is 29.6 Å². The van der Waals surface area contributed by atoms with Crippen LogP contribution in [-0.4, -0.2) is 20.2 Å². The lowest BCUT2D eigenvalue weighted by Gasteiger charge is -2.01. The molecule has 25 heavy (non-hydrogen) atoms. The molecule has 0 aliphatic carbocycles. The fourth-order valence-electron chi connectivity index (χ4n) is 2.31. The zero-order chi connectivity index (χ0) is 17.4. The highest BCUT2D eigenvalue weighted by molar-refractivity contribution is 9.10. The van der Waals surface area contributed by atoms with E-state index in [4.69, 9.17) is 5.73 Å². The number of anilines is 1. The number of hydrogen-bond acceptors (Lipinski definition) is 8. The van der Waals surface area contributed by atoms with Gasteiger partial charge in [0, 0.05) is 15.4 Å². The van der Waals surface area contributed by atoms with E-state index >= 15 is 0 Å². The lowest BCUT2D eigenvalue weighted by molar-refractivity contribution is 1.01. The van der Waals surface area contributed by atoms with Gasteiger partial charge in [-0.1, -0.05) is 51.2 Å². The zero-order valence-corrected chi connectivity index (χ0v) is 16.6. The first kappa shape index (κ1) is 16.7. The molecule has 0 fully saturated rings. The van der Waals surface area contributed by atoms with E-state index in [2.05, 4.69) is 36.1 Å². The highest BCUT2D eigenvalue weighted by Crippen LogP contribution is 2.32. The van der Waals surface area contributed by atoms with Crippen LogP contribution >= 0.6 is 50.4 Å². The Labute approximate surface area is 162 Å². The van der Waals surface area contributed by atoms with E-state index in [-0.39, 0.29) is 5.56 Å². The monoisotopic (exact) mass is 451 g/mol. The van der Waals surface area contributed by atoms with E-state index in [1.165, 1.54) is 34.4 Å². The van der Waals surface area contributed by atoms with Gasteiger partial charge < -0.3 is 10.7 Å². The minimum absolute atomic E-state index is 0.128. The number of nitrogens with two attached hydrogens (primary N) is 1. The van der Waals surface area contributed by atoms with Crippen molar-refractivity contribution in [2.75, 3.05) is 5.73 Å². The van der Waals surface area contributed by atoms with Crippen LogP contribution in [0, 0.1) is 0 Å². The van der Waals surface area contributed by atoms with E-state index in [0.29, 0.717) is 22.1 Å².